The fourth-order valence-corrected chi connectivity index (χ4v) is 0.695. The predicted octanol–water partition coefficient (Wildman–Crippen LogP) is 3.24. The summed E-state index contributed by atoms with van der Waals surface area (Å²) in [5.74, 6) is -0.359. The number of benzene rings is 1. The third-order valence-corrected chi connectivity index (χ3v) is 1.42. The molecule has 0 saturated carbocycles. The van der Waals surface area contributed by atoms with Crippen LogP contribution in [0.25, 0.3) is 0 Å². The first-order valence-corrected chi connectivity index (χ1v) is 2.85. The third kappa shape index (κ3) is 3.55. The fraction of sp³-hybridized carbons (Fsp3) is 0. The zero-order chi connectivity index (χ0) is 6.85. The van der Waals surface area contributed by atoms with Crippen LogP contribution in [0.1, 0.15) is 5.56 Å². The summed E-state index contributed by atoms with van der Waals surface area (Å²) in [4.78, 5) is 0. The Balaban J connectivity index is 0. The summed E-state index contributed by atoms with van der Waals surface area (Å²) in [5.41, 5.74) is 0.263. The van der Waals surface area contributed by atoms with Crippen LogP contribution in [-0.2, 0) is 19.5 Å². The van der Waals surface area contributed by atoms with Gasteiger partial charge < -0.3 is 0 Å². The maximum Gasteiger partial charge on any atom is 0.0171 e. The van der Waals surface area contributed by atoms with E-state index >= 15 is 0 Å². The molecule has 0 aliphatic carbocycles. The summed E-state index contributed by atoms with van der Waals surface area (Å²) in [5, 5.41) is 0.370. The Morgan fingerprint density at radius 2 is 1.91 bits per heavy atom. The number of hydrogen-bond acceptors (Lipinski definition) is 0. The molecular weight excluding hydrogens is 284 g/mol. The van der Waals surface area contributed by atoms with E-state index in [1.54, 1.807) is 12.1 Å². The fourth-order valence-electron chi connectivity index (χ4n) is 0.532. The molecule has 4 heteroatoms. The van der Waals surface area contributed by atoms with E-state index in [4.69, 9.17) is 11.6 Å². The van der Waals surface area contributed by atoms with Crippen LogP contribution in [0.5, 0.6) is 0 Å². The van der Waals surface area contributed by atoms with Gasteiger partial charge in [0.15, 0.2) is 0 Å². The van der Waals surface area contributed by atoms with Crippen LogP contribution < -0.4 is 0 Å². The molecule has 0 atom stereocenters. The van der Waals surface area contributed by atoms with Gasteiger partial charge in [-0.1, -0.05) is 17.2 Å². The first kappa shape index (κ1) is 14.0. The average molecular weight is 290 g/mol. The van der Waals surface area contributed by atoms with Crippen LogP contribution in [-0.4, -0.2) is 0 Å². The van der Waals surface area contributed by atoms with Crippen molar-refractivity contribution in [3.63, 3.8) is 0 Å². The minimum Gasteiger partial charge on any atom is -0.284 e. The minimum absolute atomic E-state index is 0. The third-order valence-electron chi connectivity index (χ3n) is 1.06. The topological polar surface area (TPSA) is 0 Å². The van der Waals surface area contributed by atoms with Crippen molar-refractivity contribution >= 4 is 28.6 Å². The van der Waals surface area contributed by atoms with Gasteiger partial charge in [0.05, 0.1) is 0 Å². The molecule has 0 spiro atoms. The Kier molecular flexibility index (Phi) is 7.60. The Bertz CT molecular complexity index is 209. The van der Waals surface area contributed by atoms with Gasteiger partial charge in [-0.15, -0.1) is 28.6 Å². The molecule has 1 aromatic carbocycles. The molecule has 0 heterocycles. The van der Waals surface area contributed by atoms with Crippen molar-refractivity contribution in [3.8, 4) is 0 Å². The van der Waals surface area contributed by atoms with Gasteiger partial charge in [-0.2, -0.15) is 18.5 Å². The van der Waals surface area contributed by atoms with Crippen molar-refractivity contribution < 1.29 is 23.9 Å². The van der Waals surface area contributed by atoms with Gasteiger partial charge in [0, 0.05) is 25.3 Å². The first-order chi connectivity index (χ1) is 4.22. The molecule has 0 amide bonds. The van der Waals surface area contributed by atoms with E-state index in [0.29, 0.717) is 5.02 Å². The van der Waals surface area contributed by atoms with Crippen LogP contribution in [0.15, 0.2) is 18.2 Å². The molecule has 1 aromatic rings. The summed E-state index contributed by atoms with van der Waals surface area (Å²) in [6, 6.07) is 4.48. The maximum absolute atomic E-state index is 12.4. The zero-order valence-corrected chi connectivity index (χ0v) is 11.2. The molecule has 0 bridgehead atoms. The van der Waals surface area contributed by atoms with Crippen LogP contribution in [0.4, 0.5) is 4.39 Å². The number of halogens is 3. The Morgan fingerprint density at radius 3 is 2.27 bits per heavy atom. The molecule has 0 unspecified atom stereocenters. The molecule has 58 valence electrons. The summed E-state index contributed by atoms with van der Waals surface area (Å²) >= 11 is 5.51. The molecule has 1 rings (SSSR count). The molecule has 0 aliphatic rings. The van der Waals surface area contributed by atoms with Gasteiger partial charge >= 0.3 is 0 Å². The second kappa shape index (κ2) is 5.99. The number of rotatable bonds is 0. The van der Waals surface area contributed by atoms with Gasteiger partial charge in [0.2, 0.25) is 0 Å². The minimum atomic E-state index is -0.359. The predicted molar refractivity (Wildman–Crippen MR) is 46.2 cm³/mol. The van der Waals surface area contributed by atoms with Gasteiger partial charge in [0.25, 0.3) is 0 Å². The van der Waals surface area contributed by atoms with Gasteiger partial charge in [-0.05, 0) is 0 Å². The molecule has 0 nitrogen and oxygen atoms in total. The monoisotopic (exact) mass is 287 g/mol. The summed E-state index contributed by atoms with van der Waals surface area (Å²) in [6.07, 6.45) is 0. The SMILES string of the molecule is Br.[CH2-]c1c(F)cccc1Cl.[Zn]. The second-order valence-electron chi connectivity index (χ2n) is 1.70. The van der Waals surface area contributed by atoms with Crippen LogP contribution >= 0.6 is 28.6 Å². The maximum atomic E-state index is 12.4. The van der Waals surface area contributed by atoms with E-state index in [-0.39, 0.29) is 47.8 Å². The molecular formula is C7H6BrClFZn-. The molecule has 0 radical (unpaired) electrons. The Labute approximate surface area is 93.7 Å². The van der Waals surface area contributed by atoms with Crippen molar-refractivity contribution in [3.05, 3.63) is 41.5 Å². The van der Waals surface area contributed by atoms with E-state index in [9.17, 15) is 4.39 Å². The van der Waals surface area contributed by atoms with Crippen LogP contribution in [0, 0.1) is 12.7 Å². The summed E-state index contributed by atoms with van der Waals surface area (Å²) < 4.78 is 12.4. The van der Waals surface area contributed by atoms with Gasteiger partial charge in [-0.3, -0.25) is 4.39 Å². The van der Waals surface area contributed by atoms with Crippen LogP contribution in [0.3, 0.4) is 0 Å². The molecule has 0 aliphatic heterocycles. The average Bonchev–Trinajstić information content (AvgIpc) is 1.83. The Hall–Kier alpha value is 0.413. The van der Waals surface area contributed by atoms with E-state index < -0.39 is 0 Å². The smallest absolute Gasteiger partial charge is 0.0171 e. The van der Waals surface area contributed by atoms with Crippen LogP contribution in [0.2, 0.25) is 5.02 Å². The largest absolute Gasteiger partial charge is 0.284 e. The van der Waals surface area contributed by atoms with Crippen molar-refractivity contribution in [2.75, 3.05) is 0 Å². The molecule has 0 fully saturated rings. The molecule has 0 aromatic heterocycles. The first-order valence-electron chi connectivity index (χ1n) is 2.48. The zero-order valence-electron chi connectivity index (χ0n) is 5.81. The van der Waals surface area contributed by atoms with Crippen molar-refractivity contribution in [2.24, 2.45) is 0 Å². The second-order valence-corrected chi connectivity index (χ2v) is 2.11. The summed E-state index contributed by atoms with van der Waals surface area (Å²) in [6.45, 7) is 3.41. The van der Waals surface area contributed by atoms with Crippen molar-refractivity contribution in [1.29, 1.82) is 0 Å². The normalized spacial score (nSPS) is 7.82. The number of hydrogen-bond donors (Lipinski definition) is 0. The molecule has 0 N–H and O–H groups in total. The van der Waals surface area contributed by atoms with E-state index in [2.05, 4.69) is 6.92 Å². The van der Waals surface area contributed by atoms with E-state index in [1.165, 1.54) is 6.07 Å². The molecule has 0 saturated heterocycles. The van der Waals surface area contributed by atoms with Gasteiger partial charge in [0.1, 0.15) is 0 Å². The quantitative estimate of drug-likeness (QED) is 0.508. The standard InChI is InChI=1S/C7H5ClF.BrH.Zn/c1-5-6(8)3-2-4-7(5)9;;/h2-4H,1H2;1H;/q-1;;. The van der Waals surface area contributed by atoms with E-state index in [0.717, 1.165) is 0 Å². The Morgan fingerprint density at radius 1 is 1.36 bits per heavy atom. The van der Waals surface area contributed by atoms with E-state index in [1.807, 2.05) is 0 Å². The van der Waals surface area contributed by atoms with Crippen molar-refractivity contribution in [2.45, 2.75) is 0 Å². The molecule has 11 heavy (non-hydrogen) atoms. The van der Waals surface area contributed by atoms with Gasteiger partial charge in [-0.25, -0.2) is 0 Å². The van der Waals surface area contributed by atoms with Crippen molar-refractivity contribution in [1.82, 2.24) is 0 Å². The summed E-state index contributed by atoms with van der Waals surface area (Å²) in [7, 11) is 0.